The lowest BCUT2D eigenvalue weighted by Crippen LogP contribution is -2.49. The van der Waals surface area contributed by atoms with E-state index in [-0.39, 0.29) is 18.2 Å². The molecule has 1 saturated heterocycles. The van der Waals surface area contributed by atoms with Crippen molar-refractivity contribution in [1.29, 1.82) is 0 Å². The first kappa shape index (κ1) is 19.1. The molecule has 6 nitrogen and oxygen atoms in total. The maximum atomic E-state index is 12.3. The van der Waals surface area contributed by atoms with E-state index in [0.717, 1.165) is 30.9 Å². The average Bonchev–Trinajstić information content (AvgIpc) is 2.61. The van der Waals surface area contributed by atoms with E-state index in [2.05, 4.69) is 24.1 Å². The van der Waals surface area contributed by atoms with E-state index in [4.69, 9.17) is 4.74 Å². The Morgan fingerprint density at radius 1 is 1.12 bits per heavy atom. The Bertz CT molecular complexity index is 564. The van der Waals surface area contributed by atoms with Crippen molar-refractivity contribution in [1.82, 2.24) is 10.2 Å². The van der Waals surface area contributed by atoms with E-state index in [1.54, 1.807) is 12.0 Å². The number of hydrogen-bond acceptors (Lipinski definition) is 4. The van der Waals surface area contributed by atoms with Crippen molar-refractivity contribution in [3.63, 3.8) is 0 Å². The summed E-state index contributed by atoms with van der Waals surface area (Å²) >= 11 is 0. The predicted molar refractivity (Wildman–Crippen MR) is 98.9 cm³/mol. The number of piperazine rings is 1. The highest BCUT2D eigenvalue weighted by atomic mass is 16.5. The summed E-state index contributed by atoms with van der Waals surface area (Å²) in [5, 5.41) is 2.82. The van der Waals surface area contributed by atoms with Crippen LogP contribution in [0.4, 0.5) is 5.69 Å². The maximum absolute atomic E-state index is 12.3. The van der Waals surface area contributed by atoms with Gasteiger partial charge in [-0.3, -0.25) is 9.59 Å². The Morgan fingerprint density at radius 3 is 2.32 bits per heavy atom. The molecule has 1 aliphatic rings. The molecule has 1 aromatic rings. The maximum Gasteiger partial charge on any atom is 0.232 e. The van der Waals surface area contributed by atoms with Crippen LogP contribution < -0.4 is 15.0 Å². The highest BCUT2D eigenvalue weighted by Crippen LogP contribution is 2.20. The molecular weight excluding hydrogens is 318 g/mol. The number of anilines is 1. The molecule has 138 valence electrons. The van der Waals surface area contributed by atoms with Crippen LogP contribution in [-0.2, 0) is 9.59 Å². The second kappa shape index (κ2) is 9.30. The first-order valence-electron chi connectivity index (χ1n) is 8.93. The zero-order valence-corrected chi connectivity index (χ0v) is 15.5. The molecule has 0 atom stereocenters. The normalized spacial score (nSPS) is 14.6. The zero-order valence-electron chi connectivity index (χ0n) is 15.5. The SMILES string of the molecule is COc1ccc(N2CCN(C(=O)CC(=O)NCCC(C)C)CC2)cc1. The molecule has 25 heavy (non-hydrogen) atoms. The molecule has 0 aromatic heterocycles. The van der Waals surface area contributed by atoms with Gasteiger partial charge in [0, 0.05) is 38.4 Å². The van der Waals surface area contributed by atoms with Gasteiger partial charge >= 0.3 is 0 Å². The summed E-state index contributed by atoms with van der Waals surface area (Å²) in [6.07, 6.45) is 0.876. The predicted octanol–water partition coefficient (Wildman–Crippen LogP) is 1.90. The van der Waals surface area contributed by atoms with E-state index >= 15 is 0 Å². The number of ether oxygens (including phenoxy) is 1. The monoisotopic (exact) mass is 347 g/mol. The van der Waals surface area contributed by atoms with E-state index in [0.29, 0.717) is 25.6 Å². The van der Waals surface area contributed by atoms with Crippen LogP contribution in [0.25, 0.3) is 0 Å². The quantitative estimate of drug-likeness (QED) is 0.765. The molecule has 0 spiro atoms. The number of carbonyl (C=O) groups is 2. The Balaban J connectivity index is 1.75. The Hall–Kier alpha value is -2.24. The van der Waals surface area contributed by atoms with Crippen molar-refractivity contribution in [3.8, 4) is 5.75 Å². The summed E-state index contributed by atoms with van der Waals surface area (Å²) in [6, 6.07) is 7.93. The second-order valence-corrected chi connectivity index (χ2v) is 6.78. The fourth-order valence-corrected chi connectivity index (χ4v) is 2.82. The van der Waals surface area contributed by atoms with Gasteiger partial charge in [0.25, 0.3) is 0 Å². The standard InChI is InChI=1S/C19H29N3O3/c1-15(2)8-9-20-18(23)14-19(24)22-12-10-21(11-13-22)16-4-6-17(25-3)7-5-16/h4-7,15H,8-14H2,1-3H3,(H,20,23). The van der Waals surface area contributed by atoms with Gasteiger partial charge in [0.2, 0.25) is 11.8 Å². The van der Waals surface area contributed by atoms with Gasteiger partial charge in [-0.1, -0.05) is 13.8 Å². The molecule has 2 rings (SSSR count). The van der Waals surface area contributed by atoms with Crippen LogP contribution >= 0.6 is 0 Å². The van der Waals surface area contributed by atoms with Crippen LogP contribution in [0.15, 0.2) is 24.3 Å². The minimum absolute atomic E-state index is 0.0549. The lowest BCUT2D eigenvalue weighted by Gasteiger charge is -2.36. The summed E-state index contributed by atoms with van der Waals surface area (Å²) in [5.41, 5.74) is 1.12. The van der Waals surface area contributed by atoms with E-state index < -0.39 is 0 Å². The number of amides is 2. The van der Waals surface area contributed by atoms with Crippen molar-refractivity contribution in [2.45, 2.75) is 26.7 Å². The number of rotatable bonds is 7. The van der Waals surface area contributed by atoms with E-state index in [9.17, 15) is 9.59 Å². The van der Waals surface area contributed by atoms with Gasteiger partial charge in [0.1, 0.15) is 12.2 Å². The molecule has 1 aliphatic heterocycles. The minimum Gasteiger partial charge on any atom is -0.497 e. The highest BCUT2D eigenvalue weighted by Gasteiger charge is 2.22. The number of hydrogen-bond donors (Lipinski definition) is 1. The molecule has 0 saturated carbocycles. The van der Waals surface area contributed by atoms with Crippen molar-refractivity contribution in [2.24, 2.45) is 5.92 Å². The largest absolute Gasteiger partial charge is 0.497 e. The number of methoxy groups -OCH3 is 1. The van der Waals surface area contributed by atoms with Gasteiger partial charge in [0.05, 0.1) is 7.11 Å². The molecular formula is C19H29N3O3. The summed E-state index contributed by atoms with van der Waals surface area (Å²) in [6.45, 7) is 7.68. The van der Waals surface area contributed by atoms with Gasteiger partial charge in [-0.2, -0.15) is 0 Å². The van der Waals surface area contributed by atoms with Crippen LogP contribution in [0, 0.1) is 5.92 Å². The third-order valence-electron chi connectivity index (χ3n) is 4.43. The summed E-state index contributed by atoms with van der Waals surface area (Å²) in [7, 11) is 1.65. The first-order valence-corrected chi connectivity index (χ1v) is 8.93. The Morgan fingerprint density at radius 2 is 1.76 bits per heavy atom. The lowest BCUT2D eigenvalue weighted by atomic mass is 10.1. The third kappa shape index (κ3) is 5.96. The molecule has 1 heterocycles. The smallest absolute Gasteiger partial charge is 0.232 e. The first-order chi connectivity index (χ1) is 12.0. The lowest BCUT2D eigenvalue weighted by molar-refractivity contribution is -0.136. The van der Waals surface area contributed by atoms with E-state index in [1.807, 2.05) is 24.3 Å². The molecule has 1 aromatic carbocycles. The molecule has 0 bridgehead atoms. The third-order valence-corrected chi connectivity index (χ3v) is 4.43. The molecule has 1 N–H and O–H groups in total. The van der Waals surface area contributed by atoms with Crippen LogP contribution in [0.1, 0.15) is 26.7 Å². The number of carbonyl (C=O) groups excluding carboxylic acids is 2. The molecule has 2 amide bonds. The second-order valence-electron chi connectivity index (χ2n) is 6.78. The van der Waals surface area contributed by atoms with Crippen LogP contribution in [0.2, 0.25) is 0 Å². The molecule has 0 radical (unpaired) electrons. The van der Waals surface area contributed by atoms with Crippen molar-refractivity contribution in [3.05, 3.63) is 24.3 Å². The molecule has 1 fully saturated rings. The van der Waals surface area contributed by atoms with Crippen LogP contribution in [-0.4, -0.2) is 56.5 Å². The number of nitrogens with one attached hydrogen (secondary N) is 1. The zero-order chi connectivity index (χ0) is 18.2. The van der Waals surface area contributed by atoms with Gasteiger partial charge in [0.15, 0.2) is 0 Å². The summed E-state index contributed by atoms with van der Waals surface area (Å²) < 4.78 is 5.17. The Labute approximate surface area is 150 Å². The number of benzene rings is 1. The van der Waals surface area contributed by atoms with Crippen LogP contribution in [0.3, 0.4) is 0 Å². The summed E-state index contributed by atoms with van der Waals surface area (Å²) in [4.78, 5) is 28.1. The molecule has 6 heteroatoms. The van der Waals surface area contributed by atoms with Gasteiger partial charge in [-0.15, -0.1) is 0 Å². The highest BCUT2D eigenvalue weighted by molar-refractivity contribution is 5.96. The topological polar surface area (TPSA) is 61.9 Å². The minimum atomic E-state index is -0.178. The van der Waals surface area contributed by atoms with Gasteiger partial charge < -0.3 is 19.9 Å². The van der Waals surface area contributed by atoms with Gasteiger partial charge in [-0.05, 0) is 36.6 Å². The summed E-state index contributed by atoms with van der Waals surface area (Å²) in [5.74, 6) is 1.11. The fourth-order valence-electron chi connectivity index (χ4n) is 2.82. The Kier molecular flexibility index (Phi) is 7.10. The van der Waals surface area contributed by atoms with E-state index in [1.165, 1.54) is 0 Å². The van der Waals surface area contributed by atoms with Crippen LogP contribution in [0.5, 0.6) is 5.75 Å². The fraction of sp³-hybridized carbons (Fsp3) is 0.579. The number of nitrogens with zero attached hydrogens (tertiary/aromatic N) is 2. The molecule has 0 unspecified atom stereocenters. The van der Waals surface area contributed by atoms with Crippen molar-refractivity contribution in [2.75, 3.05) is 44.7 Å². The van der Waals surface area contributed by atoms with Crippen molar-refractivity contribution < 1.29 is 14.3 Å². The average molecular weight is 347 g/mol. The van der Waals surface area contributed by atoms with Crippen molar-refractivity contribution >= 4 is 17.5 Å². The molecule has 0 aliphatic carbocycles. The van der Waals surface area contributed by atoms with Gasteiger partial charge in [-0.25, -0.2) is 0 Å².